The molecule has 1 amide bonds. The molecule has 1 saturated heterocycles. The SMILES string of the molecule is CC1C(C(=O)O)CCN1C(=O)c1ncccc1N. The third kappa shape index (κ3) is 2.01. The number of carbonyl (C=O) groups excluding carboxylic acids is 1. The average molecular weight is 249 g/mol. The molecule has 2 unspecified atom stereocenters. The van der Waals surface area contributed by atoms with Crippen LogP contribution in [0.5, 0.6) is 0 Å². The molecule has 1 fully saturated rings. The lowest BCUT2D eigenvalue weighted by atomic mass is 10.0. The Labute approximate surface area is 104 Å². The van der Waals surface area contributed by atoms with Crippen LogP contribution in [0.2, 0.25) is 0 Å². The molecule has 2 atom stereocenters. The summed E-state index contributed by atoms with van der Waals surface area (Å²) >= 11 is 0. The van der Waals surface area contributed by atoms with E-state index >= 15 is 0 Å². The van der Waals surface area contributed by atoms with Gasteiger partial charge in [-0.15, -0.1) is 0 Å². The van der Waals surface area contributed by atoms with Crippen LogP contribution in [-0.2, 0) is 4.79 Å². The van der Waals surface area contributed by atoms with Gasteiger partial charge in [-0.3, -0.25) is 9.59 Å². The first kappa shape index (κ1) is 12.3. The van der Waals surface area contributed by atoms with Gasteiger partial charge in [0, 0.05) is 18.8 Å². The molecule has 96 valence electrons. The highest BCUT2D eigenvalue weighted by molar-refractivity contribution is 5.97. The van der Waals surface area contributed by atoms with Crippen LogP contribution < -0.4 is 5.73 Å². The first-order chi connectivity index (χ1) is 8.52. The highest BCUT2D eigenvalue weighted by Gasteiger charge is 2.39. The Balaban J connectivity index is 2.21. The minimum Gasteiger partial charge on any atom is -0.481 e. The number of aliphatic carboxylic acids is 1. The van der Waals surface area contributed by atoms with Crippen LogP contribution in [0.1, 0.15) is 23.8 Å². The van der Waals surface area contributed by atoms with Crippen molar-refractivity contribution in [2.24, 2.45) is 5.92 Å². The number of hydrogen-bond acceptors (Lipinski definition) is 4. The van der Waals surface area contributed by atoms with Crippen LogP contribution in [0.15, 0.2) is 18.3 Å². The number of pyridine rings is 1. The van der Waals surface area contributed by atoms with Gasteiger partial charge in [0.25, 0.3) is 5.91 Å². The van der Waals surface area contributed by atoms with E-state index in [9.17, 15) is 9.59 Å². The summed E-state index contributed by atoms with van der Waals surface area (Å²) in [5.41, 5.74) is 6.21. The fraction of sp³-hybridized carbons (Fsp3) is 0.417. The molecule has 18 heavy (non-hydrogen) atoms. The first-order valence-corrected chi connectivity index (χ1v) is 5.76. The van der Waals surface area contributed by atoms with E-state index in [1.54, 1.807) is 19.1 Å². The highest BCUT2D eigenvalue weighted by Crippen LogP contribution is 2.26. The van der Waals surface area contributed by atoms with Crippen molar-refractivity contribution in [1.29, 1.82) is 0 Å². The maximum Gasteiger partial charge on any atom is 0.308 e. The topological polar surface area (TPSA) is 96.5 Å². The van der Waals surface area contributed by atoms with Gasteiger partial charge in [0.05, 0.1) is 11.6 Å². The number of nitrogen functional groups attached to an aromatic ring is 1. The number of likely N-dealkylation sites (tertiary alicyclic amines) is 1. The normalized spacial score (nSPS) is 23.1. The molecule has 1 aromatic rings. The molecule has 1 aromatic heterocycles. The van der Waals surface area contributed by atoms with Crippen LogP contribution in [0.25, 0.3) is 0 Å². The van der Waals surface area contributed by atoms with Crippen molar-refractivity contribution < 1.29 is 14.7 Å². The predicted octanol–water partition coefficient (Wildman–Crippen LogP) is 0.599. The Morgan fingerprint density at radius 1 is 1.56 bits per heavy atom. The summed E-state index contributed by atoms with van der Waals surface area (Å²) in [4.78, 5) is 28.7. The molecule has 1 aliphatic rings. The zero-order chi connectivity index (χ0) is 13.3. The van der Waals surface area contributed by atoms with Gasteiger partial charge in [0.15, 0.2) is 5.69 Å². The van der Waals surface area contributed by atoms with Gasteiger partial charge in [-0.05, 0) is 25.5 Å². The third-order valence-corrected chi connectivity index (χ3v) is 3.37. The predicted molar refractivity (Wildman–Crippen MR) is 64.9 cm³/mol. The van der Waals surface area contributed by atoms with E-state index in [4.69, 9.17) is 10.8 Å². The minimum atomic E-state index is -0.869. The van der Waals surface area contributed by atoms with Gasteiger partial charge in [-0.1, -0.05) is 0 Å². The van der Waals surface area contributed by atoms with Crippen molar-refractivity contribution in [2.45, 2.75) is 19.4 Å². The molecule has 0 aliphatic carbocycles. The van der Waals surface area contributed by atoms with Crippen molar-refractivity contribution in [3.8, 4) is 0 Å². The van der Waals surface area contributed by atoms with Gasteiger partial charge in [0.1, 0.15) is 0 Å². The number of hydrogen-bond donors (Lipinski definition) is 2. The van der Waals surface area contributed by atoms with Gasteiger partial charge in [-0.25, -0.2) is 4.98 Å². The Morgan fingerprint density at radius 2 is 2.28 bits per heavy atom. The Bertz CT molecular complexity index is 489. The van der Waals surface area contributed by atoms with Crippen molar-refractivity contribution in [3.63, 3.8) is 0 Å². The number of carboxylic acid groups (broad SMARTS) is 1. The summed E-state index contributed by atoms with van der Waals surface area (Å²) in [6, 6.07) is 2.92. The molecule has 2 rings (SSSR count). The summed E-state index contributed by atoms with van der Waals surface area (Å²) in [7, 11) is 0. The molecule has 2 heterocycles. The molecule has 6 heteroatoms. The first-order valence-electron chi connectivity index (χ1n) is 5.76. The molecular weight excluding hydrogens is 234 g/mol. The van der Waals surface area contributed by atoms with E-state index < -0.39 is 11.9 Å². The van der Waals surface area contributed by atoms with Gasteiger partial charge < -0.3 is 15.7 Å². The fourth-order valence-electron chi connectivity index (χ4n) is 2.29. The van der Waals surface area contributed by atoms with Crippen molar-refractivity contribution in [1.82, 2.24) is 9.88 Å². The smallest absolute Gasteiger partial charge is 0.308 e. The van der Waals surface area contributed by atoms with E-state index in [-0.39, 0.29) is 17.6 Å². The third-order valence-electron chi connectivity index (χ3n) is 3.37. The summed E-state index contributed by atoms with van der Waals surface area (Å²) in [5.74, 6) is -1.69. The standard InChI is InChI=1S/C12H15N3O3/c1-7-8(12(17)18)4-6-15(7)11(16)10-9(13)3-2-5-14-10/h2-3,5,7-8H,4,6,13H2,1H3,(H,17,18). The Hall–Kier alpha value is -2.11. The van der Waals surface area contributed by atoms with E-state index in [0.717, 1.165) is 0 Å². The number of aromatic nitrogens is 1. The zero-order valence-electron chi connectivity index (χ0n) is 10.0. The van der Waals surface area contributed by atoms with Crippen LogP contribution in [0.4, 0.5) is 5.69 Å². The quantitative estimate of drug-likeness (QED) is 0.800. The number of carbonyl (C=O) groups is 2. The van der Waals surface area contributed by atoms with Crippen LogP contribution in [-0.4, -0.2) is 39.5 Å². The summed E-state index contributed by atoms with van der Waals surface area (Å²) in [6.45, 7) is 2.16. The number of amides is 1. The average Bonchev–Trinajstić information content (AvgIpc) is 2.71. The Morgan fingerprint density at radius 3 is 2.83 bits per heavy atom. The number of nitrogens with two attached hydrogens (primary N) is 1. The Kier molecular flexibility index (Phi) is 3.18. The summed E-state index contributed by atoms with van der Waals surface area (Å²) < 4.78 is 0. The summed E-state index contributed by atoms with van der Waals surface area (Å²) in [5, 5.41) is 9.03. The molecular formula is C12H15N3O3. The zero-order valence-corrected chi connectivity index (χ0v) is 10.0. The second-order valence-corrected chi connectivity index (χ2v) is 4.41. The minimum absolute atomic E-state index is 0.190. The molecule has 0 saturated carbocycles. The number of anilines is 1. The van der Waals surface area contributed by atoms with E-state index in [0.29, 0.717) is 18.7 Å². The second-order valence-electron chi connectivity index (χ2n) is 4.41. The lowest BCUT2D eigenvalue weighted by molar-refractivity contribution is -0.142. The maximum atomic E-state index is 12.2. The monoisotopic (exact) mass is 249 g/mol. The van der Waals surface area contributed by atoms with Gasteiger partial charge in [-0.2, -0.15) is 0 Å². The largest absolute Gasteiger partial charge is 0.481 e. The molecule has 3 N–H and O–H groups in total. The number of carboxylic acids is 1. The van der Waals surface area contributed by atoms with E-state index in [1.165, 1.54) is 11.1 Å². The molecule has 0 bridgehead atoms. The van der Waals surface area contributed by atoms with Crippen molar-refractivity contribution in [3.05, 3.63) is 24.0 Å². The molecule has 6 nitrogen and oxygen atoms in total. The fourth-order valence-corrected chi connectivity index (χ4v) is 2.29. The lowest BCUT2D eigenvalue weighted by Crippen LogP contribution is -2.38. The molecule has 0 radical (unpaired) electrons. The second kappa shape index (κ2) is 4.64. The van der Waals surface area contributed by atoms with Crippen molar-refractivity contribution >= 4 is 17.6 Å². The lowest BCUT2D eigenvalue weighted by Gasteiger charge is -2.23. The van der Waals surface area contributed by atoms with Gasteiger partial charge in [0.2, 0.25) is 0 Å². The number of nitrogens with zero attached hydrogens (tertiary/aromatic N) is 2. The molecule has 0 aromatic carbocycles. The number of rotatable bonds is 2. The van der Waals surface area contributed by atoms with Crippen LogP contribution in [0.3, 0.4) is 0 Å². The van der Waals surface area contributed by atoms with Gasteiger partial charge >= 0.3 is 5.97 Å². The molecule has 1 aliphatic heterocycles. The van der Waals surface area contributed by atoms with Crippen LogP contribution in [0, 0.1) is 5.92 Å². The van der Waals surface area contributed by atoms with E-state index in [1.807, 2.05) is 0 Å². The van der Waals surface area contributed by atoms with Crippen molar-refractivity contribution in [2.75, 3.05) is 12.3 Å². The van der Waals surface area contributed by atoms with Crippen LogP contribution >= 0.6 is 0 Å². The van der Waals surface area contributed by atoms with E-state index in [2.05, 4.69) is 4.98 Å². The maximum absolute atomic E-state index is 12.2. The molecule has 0 spiro atoms. The summed E-state index contributed by atoms with van der Waals surface area (Å²) in [6.07, 6.45) is 1.97. The highest BCUT2D eigenvalue weighted by atomic mass is 16.4.